The minimum atomic E-state index is -0.692. The highest BCUT2D eigenvalue weighted by atomic mass is 16.5. The molecule has 0 saturated carbocycles. The molecule has 2 heterocycles. The normalized spacial score (nSPS) is 15.1. The van der Waals surface area contributed by atoms with Gasteiger partial charge in [-0.15, -0.1) is 0 Å². The highest BCUT2D eigenvalue weighted by Crippen LogP contribution is 2.40. The van der Waals surface area contributed by atoms with E-state index < -0.39 is 11.9 Å². The van der Waals surface area contributed by atoms with Gasteiger partial charge in [0, 0.05) is 11.4 Å². The van der Waals surface area contributed by atoms with Crippen LogP contribution in [0.1, 0.15) is 28.9 Å². The summed E-state index contributed by atoms with van der Waals surface area (Å²) in [4.78, 5) is 25.2. The van der Waals surface area contributed by atoms with E-state index in [9.17, 15) is 14.7 Å². The molecular formula is C22H21N5O4. The molecule has 2 aromatic carbocycles. The molecule has 31 heavy (non-hydrogen) atoms. The van der Waals surface area contributed by atoms with E-state index in [2.05, 4.69) is 15.7 Å². The molecule has 9 nitrogen and oxygen atoms in total. The van der Waals surface area contributed by atoms with Gasteiger partial charge in [-0.3, -0.25) is 9.59 Å². The van der Waals surface area contributed by atoms with Crippen molar-refractivity contribution in [1.82, 2.24) is 9.78 Å². The van der Waals surface area contributed by atoms with Gasteiger partial charge in [-0.1, -0.05) is 24.3 Å². The lowest BCUT2D eigenvalue weighted by molar-refractivity contribution is -0.113. The lowest BCUT2D eigenvalue weighted by Crippen LogP contribution is -2.32. The van der Waals surface area contributed by atoms with Crippen LogP contribution < -0.4 is 21.1 Å². The number of aromatic nitrogens is 2. The maximum Gasteiger partial charge on any atom is 0.255 e. The van der Waals surface area contributed by atoms with E-state index in [-0.39, 0.29) is 23.0 Å². The minimum Gasteiger partial charge on any atom is -0.504 e. The van der Waals surface area contributed by atoms with Gasteiger partial charge in [0.25, 0.3) is 11.8 Å². The molecule has 0 saturated heterocycles. The Hall–Kier alpha value is -4.27. The van der Waals surface area contributed by atoms with Crippen LogP contribution in [0.4, 0.5) is 11.5 Å². The number of hydrogen-bond acceptors (Lipinski definition) is 6. The van der Waals surface area contributed by atoms with E-state index >= 15 is 0 Å². The van der Waals surface area contributed by atoms with E-state index in [1.54, 1.807) is 31.2 Å². The minimum absolute atomic E-state index is 0.0327. The number of benzene rings is 2. The van der Waals surface area contributed by atoms with Crippen molar-refractivity contribution in [1.29, 1.82) is 0 Å². The summed E-state index contributed by atoms with van der Waals surface area (Å²) in [5, 5.41) is 20.3. The van der Waals surface area contributed by atoms with Crippen molar-refractivity contribution in [3.05, 3.63) is 77.1 Å². The molecule has 2 amide bonds. The molecule has 0 spiro atoms. The van der Waals surface area contributed by atoms with Gasteiger partial charge in [-0.05, 0) is 36.8 Å². The first-order valence-corrected chi connectivity index (χ1v) is 9.49. The Balaban J connectivity index is 1.85. The molecule has 158 valence electrons. The number of fused-ring (bicyclic) bond motifs is 1. The van der Waals surface area contributed by atoms with E-state index in [1.807, 2.05) is 18.2 Å². The van der Waals surface area contributed by atoms with E-state index in [4.69, 9.17) is 10.5 Å². The number of phenolic OH excluding ortho intramolecular Hbond substituents is 1. The molecule has 1 aliphatic rings. The first-order chi connectivity index (χ1) is 14.9. The Kier molecular flexibility index (Phi) is 5.08. The van der Waals surface area contributed by atoms with Gasteiger partial charge in [-0.2, -0.15) is 5.10 Å². The number of carbonyl (C=O) groups is 2. The number of primary amides is 1. The first-order valence-electron chi connectivity index (χ1n) is 9.49. The van der Waals surface area contributed by atoms with Crippen LogP contribution in [0.3, 0.4) is 0 Å². The quantitative estimate of drug-likeness (QED) is 0.503. The third kappa shape index (κ3) is 3.57. The standard InChI is InChI=1S/C22H21N5O4/c1-12-18(22(30)26-14-6-4-3-5-7-14)19(13-8-9-16(28)17(10-13)31-2)27-21(25-12)15(11-24-27)20(23)29/h3-11,19,25,28H,1-2H3,(H2,23,29)(H,26,30)/t19-/m0/s1. The molecule has 1 aromatic heterocycles. The van der Waals surface area contributed by atoms with E-state index in [0.717, 1.165) is 0 Å². The van der Waals surface area contributed by atoms with Gasteiger partial charge < -0.3 is 26.2 Å². The summed E-state index contributed by atoms with van der Waals surface area (Å²) in [6.07, 6.45) is 1.36. The fourth-order valence-corrected chi connectivity index (χ4v) is 3.62. The monoisotopic (exact) mass is 419 g/mol. The number of aromatic hydroxyl groups is 1. The van der Waals surface area contributed by atoms with Gasteiger partial charge >= 0.3 is 0 Å². The third-order valence-electron chi connectivity index (χ3n) is 5.08. The lowest BCUT2D eigenvalue weighted by Gasteiger charge is -2.30. The predicted molar refractivity (Wildman–Crippen MR) is 115 cm³/mol. The summed E-state index contributed by atoms with van der Waals surface area (Å²) in [6, 6.07) is 13.2. The molecule has 5 N–H and O–H groups in total. The molecule has 1 aliphatic heterocycles. The number of phenols is 1. The second-order valence-electron chi connectivity index (χ2n) is 7.03. The number of anilines is 2. The zero-order valence-electron chi connectivity index (χ0n) is 16.9. The molecule has 0 aliphatic carbocycles. The number of para-hydroxylation sites is 1. The Bertz CT molecular complexity index is 1200. The van der Waals surface area contributed by atoms with E-state index in [0.29, 0.717) is 28.3 Å². The summed E-state index contributed by atoms with van der Waals surface area (Å²) < 4.78 is 6.77. The van der Waals surface area contributed by atoms with Gasteiger partial charge in [0.05, 0.1) is 18.9 Å². The number of methoxy groups -OCH3 is 1. The smallest absolute Gasteiger partial charge is 0.255 e. The fraction of sp³-hybridized carbons (Fsp3) is 0.136. The number of allylic oxidation sites excluding steroid dienone is 1. The summed E-state index contributed by atoms with van der Waals surface area (Å²) in [6.45, 7) is 1.74. The SMILES string of the molecule is COc1cc([C@H]2C(C(=O)Nc3ccccc3)=C(C)Nc3c(C(N)=O)cnn32)ccc1O. The summed E-state index contributed by atoms with van der Waals surface area (Å²) in [5.74, 6) is -0.371. The van der Waals surface area contributed by atoms with Crippen LogP contribution in [0.25, 0.3) is 0 Å². The van der Waals surface area contributed by atoms with Crippen molar-refractivity contribution in [2.75, 3.05) is 17.7 Å². The fourth-order valence-electron chi connectivity index (χ4n) is 3.62. The van der Waals surface area contributed by atoms with Gasteiger partial charge in [0.2, 0.25) is 0 Å². The number of carbonyl (C=O) groups excluding carboxylic acids is 2. The Morgan fingerprint density at radius 3 is 2.65 bits per heavy atom. The molecule has 9 heteroatoms. The average Bonchev–Trinajstić information content (AvgIpc) is 3.17. The first kappa shape index (κ1) is 20.0. The van der Waals surface area contributed by atoms with Crippen LogP contribution in [-0.2, 0) is 4.79 Å². The Morgan fingerprint density at radius 1 is 1.23 bits per heavy atom. The number of ether oxygens (including phenoxy) is 1. The molecule has 0 fully saturated rings. The lowest BCUT2D eigenvalue weighted by atomic mass is 9.94. The van der Waals surface area contributed by atoms with Gasteiger partial charge in [0.1, 0.15) is 17.4 Å². The van der Waals surface area contributed by atoms with Crippen LogP contribution in [0.5, 0.6) is 11.5 Å². The van der Waals surface area contributed by atoms with Gasteiger partial charge in [-0.25, -0.2) is 4.68 Å². The average molecular weight is 419 g/mol. The molecule has 3 aromatic rings. The number of nitrogens with one attached hydrogen (secondary N) is 2. The highest BCUT2D eigenvalue weighted by molar-refractivity contribution is 6.06. The molecule has 0 bridgehead atoms. The van der Waals surface area contributed by atoms with Crippen LogP contribution in [0.15, 0.2) is 66.0 Å². The zero-order valence-corrected chi connectivity index (χ0v) is 16.9. The van der Waals surface area contributed by atoms with Crippen molar-refractivity contribution in [3.63, 3.8) is 0 Å². The van der Waals surface area contributed by atoms with Gasteiger partial charge in [0.15, 0.2) is 11.5 Å². The van der Waals surface area contributed by atoms with Crippen molar-refractivity contribution < 1.29 is 19.4 Å². The summed E-state index contributed by atoms with van der Waals surface area (Å²) >= 11 is 0. The van der Waals surface area contributed by atoms with Crippen LogP contribution in [0.2, 0.25) is 0 Å². The number of rotatable bonds is 5. The maximum absolute atomic E-state index is 13.3. The van der Waals surface area contributed by atoms with Crippen LogP contribution in [-0.4, -0.2) is 33.8 Å². The largest absolute Gasteiger partial charge is 0.504 e. The van der Waals surface area contributed by atoms with Crippen LogP contribution in [0, 0.1) is 0 Å². The predicted octanol–water partition coefficient (Wildman–Crippen LogP) is 2.62. The highest BCUT2D eigenvalue weighted by Gasteiger charge is 2.35. The van der Waals surface area contributed by atoms with Crippen molar-refractivity contribution in [2.45, 2.75) is 13.0 Å². The second-order valence-corrected chi connectivity index (χ2v) is 7.03. The Labute approximate surface area is 178 Å². The van der Waals surface area contributed by atoms with Crippen molar-refractivity contribution in [2.24, 2.45) is 5.73 Å². The summed E-state index contributed by atoms with van der Waals surface area (Å²) in [7, 11) is 1.44. The third-order valence-corrected chi connectivity index (χ3v) is 5.08. The molecule has 0 unspecified atom stereocenters. The van der Waals surface area contributed by atoms with Crippen molar-refractivity contribution in [3.8, 4) is 11.5 Å². The topological polar surface area (TPSA) is 131 Å². The number of hydrogen-bond donors (Lipinski definition) is 4. The number of amides is 2. The second kappa shape index (κ2) is 7.86. The molecule has 0 radical (unpaired) electrons. The molecule has 1 atom stereocenters. The van der Waals surface area contributed by atoms with E-state index in [1.165, 1.54) is 24.1 Å². The van der Waals surface area contributed by atoms with Crippen LogP contribution >= 0.6 is 0 Å². The molecule has 4 rings (SSSR count). The number of nitrogens with zero attached hydrogens (tertiary/aromatic N) is 2. The zero-order chi connectivity index (χ0) is 22.1. The molecular weight excluding hydrogens is 398 g/mol. The maximum atomic E-state index is 13.3. The number of nitrogens with two attached hydrogens (primary N) is 1. The Morgan fingerprint density at radius 2 is 1.97 bits per heavy atom. The van der Waals surface area contributed by atoms with Crippen molar-refractivity contribution >= 4 is 23.3 Å². The summed E-state index contributed by atoms with van der Waals surface area (Å²) in [5.41, 5.74) is 7.91.